The molecule has 0 aliphatic heterocycles. The molecule has 0 aliphatic rings. The summed E-state index contributed by atoms with van der Waals surface area (Å²) < 4.78 is 5.19. The van der Waals surface area contributed by atoms with Gasteiger partial charge in [-0.1, -0.05) is 82.1 Å². The maximum Gasteiger partial charge on any atom is 0.310 e. The number of hydrogen-bond acceptors (Lipinski definition) is 3. The molecule has 0 aromatic heterocycles. The third-order valence-corrected chi connectivity index (χ3v) is 4.94. The average molecular weight is 406 g/mol. The molecule has 0 saturated carbocycles. The van der Waals surface area contributed by atoms with Crippen molar-refractivity contribution in [1.29, 1.82) is 0 Å². The molecule has 3 heteroatoms. The smallest absolute Gasteiger partial charge is 0.310 e. The molecule has 0 unspecified atom stereocenters. The first kappa shape index (κ1) is 23.7. The predicted octanol–water partition coefficient (Wildman–Crippen LogP) is 6.39. The van der Waals surface area contributed by atoms with Crippen LogP contribution in [0.3, 0.4) is 0 Å². The van der Waals surface area contributed by atoms with Gasteiger partial charge in [0.1, 0.15) is 5.75 Å². The lowest BCUT2D eigenvalue weighted by atomic mass is 10.1. The highest BCUT2D eigenvalue weighted by Gasteiger charge is 2.01. The molecule has 30 heavy (non-hydrogen) atoms. The Hall–Kier alpha value is -2.57. The molecule has 160 valence electrons. The highest BCUT2D eigenvalue weighted by molar-refractivity contribution is 5.71. The molecule has 0 saturated heterocycles. The van der Waals surface area contributed by atoms with Crippen LogP contribution < -0.4 is 10.1 Å². The van der Waals surface area contributed by atoms with E-state index in [0.717, 1.165) is 30.6 Å². The number of carbonyl (C=O) groups is 1. The van der Waals surface area contributed by atoms with Crippen LogP contribution in [0.25, 0.3) is 0 Å². The fourth-order valence-corrected chi connectivity index (χ4v) is 3.09. The summed E-state index contributed by atoms with van der Waals surface area (Å²) in [5, 5.41) is 3.45. The molecule has 3 nitrogen and oxygen atoms in total. The standard InChI is InChI=1S/C27H35NO2/c1-3-5-6-7-8-9-10-11-12-23-13-15-24(16-14-23)21-28-22-25-17-19-26(20-18-25)30-27(29)4-2/h13-20,28H,3-10,21-22H2,1-2H3. The van der Waals surface area contributed by atoms with E-state index in [-0.39, 0.29) is 5.97 Å². The van der Waals surface area contributed by atoms with E-state index in [4.69, 9.17) is 4.74 Å². The van der Waals surface area contributed by atoms with Gasteiger partial charge in [-0.15, -0.1) is 0 Å². The first-order valence-corrected chi connectivity index (χ1v) is 11.3. The molecule has 2 aromatic carbocycles. The Morgan fingerprint density at radius 2 is 1.43 bits per heavy atom. The number of benzene rings is 2. The minimum Gasteiger partial charge on any atom is -0.427 e. The third-order valence-electron chi connectivity index (χ3n) is 4.94. The molecule has 0 aliphatic carbocycles. The molecule has 2 rings (SSSR count). The summed E-state index contributed by atoms with van der Waals surface area (Å²) in [4.78, 5) is 11.3. The van der Waals surface area contributed by atoms with Crippen LogP contribution in [0.4, 0.5) is 0 Å². The van der Waals surface area contributed by atoms with Gasteiger partial charge in [-0.3, -0.25) is 4.79 Å². The summed E-state index contributed by atoms with van der Waals surface area (Å²) >= 11 is 0. The number of hydrogen-bond donors (Lipinski definition) is 1. The van der Waals surface area contributed by atoms with E-state index in [0.29, 0.717) is 12.2 Å². The maximum atomic E-state index is 11.3. The highest BCUT2D eigenvalue weighted by Crippen LogP contribution is 2.13. The number of carbonyl (C=O) groups excluding carboxylic acids is 1. The zero-order chi connectivity index (χ0) is 21.4. The van der Waals surface area contributed by atoms with Crippen LogP contribution in [0.5, 0.6) is 5.75 Å². The summed E-state index contributed by atoms with van der Waals surface area (Å²) in [7, 11) is 0. The van der Waals surface area contributed by atoms with Crippen LogP contribution in [-0.2, 0) is 17.9 Å². The summed E-state index contributed by atoms with van der Waals surface area (Å²) in [5.74, 6) is 6.96. The highest BCUT2D eigenvalue weighted by atomic mass is 16.5. The van der Waals surface area contributed by atoms with E-state index in [9.17, 15) is 4.79 Å². The summed E-state index contributed by atoms with van der Waals surface area (Å²) in [6.45, 7) is 5.61. The Morgan fingerprint density at radius 3 is 2.07 bits per heavy atom. The Bertz CT molecular complexity index is 797. The molecule has 0 bridgehead atoms. The van der Waals surface area contributed by atoms with Crippen LogP contribution in [0.1, 0.15) is 81.9 Å². The fourth-order valence-electron chi connectivity index (χ4n) is 3.09. The van der Waals surface area contributed by atoms with Crippen LogP contribution in [0.15, 0.2) is 48.5 Å². The van der Waals surface area contributed by atoms with Gasteiger partial charge in [-0.2, -0.15) is 0 Å². The van der Waals surface area contributed by atoms with Crippen LogP contribution in [-0.4, -0.2) is 5.97 Å². The van der Waals surface area contributed by atoms with E-state index in [1.165, 1.54) is 44.1 Å². The zero-order valence-corrected chi connectivity index (χ0v) is 18.5. The van der Waals surface area contributed by atoms with Gasteiger partial charge >= 0.3 is 5.97 Å². The average Bonchev–Trinajstić information content (AvgIpc) is 2.77. The van der Waals surface area contributed by atoms with Crippen molar-refractivity contribution >= 4 is 5.97 Å². The lowest BCUT2D eigenvalue weighted by Crippen LogP contribution is -2.12. The SMILES string of the molecule is CCCCCCCCC#Cc1ccc(CNCc2ccc(OC(=O)CC)cc2)cc1. The van der Waals surface area contributed by atoms with Crippen molar-refractivity contribution in [3.63, 3.8) is 0 Å². The van der Waals surface area contributed by atoms with E-state index in [1.807, 2.05) is 24.3 Å². The molecule has 2 aromatic rings. The number of esters is 1. The summed E-state index contributed by atoms with van der Waals surface area (Å²) in [6, 6.07) is 16.1. The number of unbranched alkanes of at least 4 members (excludes halogenated alkanes) is 6. The fraction of sp³-hybridized carbons (Fsp3) is 0.444. The van der Waals surface area contributed by atoms with Gasteiger partial charge in [-0.25, -0.2) is 0 Å². The normalized spacial score (nSPS) is 10.3. The predicted molar refractivity (Wildman–Crippen MR) is 124 cm³/mol. The largest absolute Gasteiger partial charge is 0.427 e. The molecule has 0 atom stereocenters. The minimum atomic E-state index is -0.212. The molecular formula is C27H35NO2. The van der Waals surface area contributed by atoms with Gasteiger partial charge in [0.2, 0.25) is 0 Å². The van der Waals surface area contributed by atoms with Crippen LogP contribution >= 0.6 is 0 Å². The second kappa shape index (κ2) is 14.4. The molecule has 0 fully saturated rings. The van der Waals surface area contributed by atoms with Gasteiger partial charge in [0, 0.05) is 31.5 Å². The molecular weight excluding hydrogens is 370 g/mol. The lowest BCUT2D eigenvalue weighted by Gasteiger charge is -2.07. The Kier molecular flexibility index (Phi) is 11.4. The van der Waals surface area contributed by atoms with Crippen LogP contribution in [0, 0.1) is 11.8 Å². The van der Waals surface area contributed by atoms with Gasteiger partial charge in [0.05, 0.1) is 0 Å². The van der Waals surface area contributed by atoms with Gasteiger partial charge < -0.3 is 10.1 Å². The van der Waals surface area contributed by atoms with Gasteiger partial charge in [0.25, 0.3) is 0 Å². The van der Waals surface area contributed by atoms with Crippen molar-refractivity contribution in [2.45, 2.75) is 78.3 Å². The van der Waals surface area contributed by atoms with Crippen molar-refractivity contribution in [2.24, 2.45) is 0 Å². The molecule has 0 amide bonds. The van der Waals surface area contributed by atoms with E-state index in [1.54, 1.807) is 6.92 Å². The Labute approximate surface area is 182 Å². The van der Waals surface area contributed by atoms with Crippen LogP contribution in [0.2, 0.25) is 0 Å². The Morgan fingerprint density at radius 1 is 0.833 bits per heavy atom. The monoisotopic (exact) mass is 405 g/mol. The lowest BCUT2D eigenvalue weighted by molar-refractivity contribution is -0.134. The first-order valence-electron chi connectivity index (χ1n) is 11.3. The topological polar surface area (TPSA) is 38.3 Å². The second-order valence-corrected chi connectivity index (χ2v) is 7.59. The first-order chi connectivity index (χ1) is 14.7. The number of rotatable bonds is 12. The zero-order valence-electron chi connectivity index (χ0n) is 18.5. The van der Waals surface area contributed by atoms with Crippen molar-refractivity contribution < 1.29 is 9.53 Å². The molecule has 0 radical (unpaired) electrons. The molecule has 0 heterocycles. The Balaban J connectivity index is 1.66. The van der Waals surface area contributed by atoms with Gasteiger partial charge in [0.15, 0.2) is 0 Å². The number of nitrogens with one attached hydrogen (secondary N) is 1. The molecule has 0 spiro atoms. The van der Waals surface area contributed by atoms with E-state index in [2.05, 4.69) is 48.3 Å². The number of ether oxygens (including phenoxy) is 1. The van der Waals surface area contributed by atoms with Crippen molar-refractivity contribution in [3.05, 3.63) is 65.2 Å². The summed E-state index contributed by atoms with van der Waals surface area (Å²) in [6.07, 6.45) is 9.24. The third kappa shape index (κ3) is 9.76. The minimum absolute atomic E-state index is 0.212. The second-order valence-electron chi connectivity index (χ2n) is 7.59. The van der Waals surface area contributed by atoms with Crippen molar-refractivity contribution in [3.8, 4) is 17.6 Å². The molecule has 1 N–H and O–H groups in total. The quantitative estimate of drug-likeness (QED) is 0.192. The maximum absolute atomic E-state index is 11.3. The van der Waals surface area contributed by atoms with Crippen molar-refractivity contribution in [2.75, 3.05) is 0 Å². The summed E-state index contributed by atoms with van der Waals surface area (Å²) in [5.41, 5.74) is 3.48. The van der Waals surface area contributed by atoms with Crippen molar-refractivity contribution in [1.82, 2.24) is 5.32 Å². The van der Waals surface area contributed by atoms with E-state index >= 15 is 0 Å². The van der Waals surface area contributed by atoms with Gasteiger partial charge in [-0.05, 0) is 41.8 Å². The van der Waals surface area contributed by atoms with E-state index < -0.39 is 0 Å².